The summed E-state index contributed by atoms with van der Waals surface area (Å²) in [5.74, 6) is -0.869. The third-order valence-electron chi connectivity index (χ3n) is 4.82. The van der Waals surface area contributed by atoms with Gasteiger partial charge in [-0.2, -0.15) is 8.42 Å². The van der Waals surface area contributed by atoms with Gasteiger partial charge in [0.25, 0.3) is 10.1 Å². The predicted octanol–water partition coefficient (Wildman–Crippen LogP) is 1.36. The Morgan fingerprint density at radius 3 is 2.41 bits per heavy atom. The normalized spacial score (nSPS) is 33.9. The Kier molecular flexibility index (Phi) is 5.04. The highest BCUT2D eigenvalue weighted by Crippen LogP contribution is 2.38. The van der Waals surface area contributed by atoms with E-state index in [1.165, 1.54) is 12.1 Å². The van der Waals surface area contributed by atoms with Crippen LogP contribution in [0.3, 0.4) is 0 Å². The summed E-state index contributed by atoms with van der Waals surface area (Å²) in [6.45, 7) is 6.52. The topological polar surface area (TPSA) is 89.5 Å². The van der Waals surface area contributed by atoms with Crippen molar-refractivity contribution >= 4 is 10.1 Å². The summed E-state index contributed by atoms with van der Waals surface area (Å²) in [4.78, 5) is 0.0786. The van der Waals surface area contributed by atoms with Crippen molar-refractivity contribution in [3.63, 3.8) is 0 Å². The van der Waals surface area contributed by atoms with Crippen molar-refractivity contribution in [3.8, 4) is 0 Å². The molecule has 27 heavy (non-hydrogen) atoms. The fourth-order valence-corrected chi connectivity index (χ4v) is 4.57. The third-order valence-corrected chi connectivity index (χ3v) is 6.15. The Morgan fingerprint density at radius 2 is 1.74 bits per heavy atom. The van der Waals surface area contributed by atoms with E-state index in [9.17, 15) is 8.42 Å². The molecule has 3 aliphatic heterocycles. The third kappa shape index (κ3) is 3.91. The molecule has 0 saturated carbocycles. The molecule has 0 aromatic heterocycles. The quantitative estimate of drug-likeness (QED) is 0.700. The van der Waals surface area contributed by atoms with Crippen molar-refractivity contribution in [1.29, 1.82) is 0 Å². The van der Waals surface area contributed by atoms with E-state index < -0.39 is 46.6 Å². The standard InChI is InChI=1S/C18H24O8S/c1-11-4-6-12(7-5-11)27(19,20)26-15-14-13(10-23-18(2,3)25-14)24-16(15)17-21-8-9-22-17/h4-7,13-17H,8-10H2,1-3H3/t13-,14+,15-,16+/m0/s1. The highest BCUT2D eigenvalue weighted by atomic mass is 32.2. The van der Waals surface area contributed by atoms with Gasteiger partial charge in [0.1, 0.15) is 24.4 Å². The van der Waals surface area contributed by atoms with Crippen LogP contribution in [0.15, 0.2) is 29.2 Å². The van der Waals surface area contributed by atoms with Gasteiger partial charge in [0.2, 0.25) is 0 Å². The van der Waals surface area contributed by atoms with E-state index in [1.54, 1.807) is 26.0 Å². The summed E-state index contributed by atoms with van der Waals surface area (Å²) in [5, 5.41) is 0. The van der Waals surface area contributed by atoms with Crippen LogP contribution < -0.4 is 0 Å². The molecule has 150 valence electrons. The highest BCUT2D eigenvalue weighted by Gasteiger charge is 2.56. The molecule has 8 nitrogen and oxygen atoms in total. The highest BCUT2D eigenvalue weighted by molar-refractivity contribution is 7.86. The first kappa shape index (κ1) is 19.3. The molecule has 0 radical (unpaired) electrons. The molecule has 0 bridgehead atoms. The van der Waals surface area contributed by atoms with Gasteiger partial charge in [0, 0.05) is 0 Å². The maximum atomic E-state index is 12.8. The van der Waals surface area contributed by atoms with E-state index in [4.69, 9.17) is 27.9 Å². The van der Waals surface area contributed by atoms with Gasteiger partial charge in [-0.1, -0.05) is 17.7 Å². The van der Waals surface area contributed by atoms with Crippen LogP contribution in [-0.4, -0.2) is 64.7 Å². The Labute approximate surface area is 158 Å². The second kappa shape index (κ2) is 7.07. The van der Waals surface area contributed by atoms with Crippen molar-refractivity contribution in [2.45, 2.75) is 62.2 Å². The van der Waals surface area contributed by atoms with E-state index >= 15 is 0 Å². The monoisotopic (exact) mass is 400 g/mol. The Morgan fingerprint density at radius 1 is 1.07 bits per heavy atom. The van der Waals surface area contributed by atoms with Gasteiger partial charge in [0.15, 0.2) is 12.1 Å². The average Bonchev–Trinajstić information content (AvgIpc) is 3.23. The molecule has 3 saturated heterocycles. The molecule has 4 atom stereocenters. The van der Waals surface area contributed by atoms with Crippen LogP contribution in [0.5, 0.6) is 0 Å². The molecule has 9 heteroatoms. The smallest absolute Gasteiger partial charge is 0.297 e. The predicted molar refractivity (Wildman–Crippen MR) is 92.5 cm³/mol. The maximum absolute atomic E-state index is 12.8. The number of rotatable bonds is 4. The van der Waals surface area contributed by atoms with Crippen molar-refractivity contribution in [2.24, 2.45) is 0 Å². The number of fused-ring (bicyclic) bond motifs is 1. The molecule has 0 unspecified atom stereocenters. The zero-order chi connectivity index (χ0) is 19.2. The van der Waals surface area contributed by atoms with Crippen LogP contribution in [0.25, 0.3) is 0 Å². The maximum Gasteiger partial charge on any atom is 0.297 e. The Hall–Kier alpha value is -1.07. The molecule has 0 N–H and O–H groups in total. The van der Waals surface area contributed by atoms with E-state index in [2.05, 4.69) is 0 Å². The van der Waals surface area contributed by atoms with Crippen molar-refractivity contribution in [2.75, 3.05) is 19.8 Å². The fourth-order valence-electron chi connectivity index (χ4n) is 3.48. The molecule has 3 fully saturated rings. The van der Waals surface area contributed by atoms with Gasteiger partial charge >= 0.3 is 0 Å². The lowest BCUT2D eigenvalue weighted by Crippen LogP contribution is -2.51. The first-order valence-corrected chi connectivity index (χ1v) is 10.4. The van der Waals surface area contributed by atoms with Crippen LogP contribution in [0.2, 0.25) is 0 Å². The Balaban J connectivity index is 1.62. The summed E-state index contributed by atoms with van der Waals surface area (Å²) < 4.78 is 60.0. The van der Waals surface area contributed by atoms with Gasteiger partial charge in [0.05, 0.1) is 24.7 Å². The first-order valence-electron chi connectivity index (χ1n) is 8.96. The van der Waals surface area contributed by atoms with E-state index in [0.29, 0.717) is 13.2 Å². The van der Waals surface area contributed by atoms with Crippen molar-refractivity contribution in [3.05, 3.63) is 29.8 Å². The fraction of sp³-hybridized carbons (Fsp3) is 0.667. The number of aryl methyl sites for hydroxylation is 1. The minimum Gasteiger partial charge on any atom is -0.362 e. The molecular weight excluding hydrogens is 376 g/mol. The largest absolute Gasteiger partial charge is 0.362 e. The summed E-state index contributed by atoms with van der Waals surface area (Å²) >= 11 is 0. The average molecular weight is 400 g/mol. The SMILES string of the molecule is Cc1ccc(S(=O)(=O)O[C@H]2[C@@H]3OC(C)(C)OC[C@@H]3O[C@H]2C2OCCO2)cc1. The zero-order valence-corrected chi connectivity index (χ0v) is 16.3. The number of ether oxygens (including phenoxy) is 5. The molecule has 0 aliphatic carbocycles. The van der Waals surface area contributed by atoms with Gasteiger partial charge in [-0.05, 0) is 32.9 Å². The summed E-state index contributed by atoms with van der Waals surface area (Å²) in [7, 11) is -4.02. The summed E-state index contributed by atoms with van der Waals surface area (Å²) in [6.07, 6.45) is -3.44. The molecular formula is C18H24O8S. The van der Waals surface area contributed by atoms with Crippen molar-refractivity contribution < 1.29 is 36.3 Å². The molecule has 1 aromatic carbocycles. The molecule has 0 spiro atoms. The number of benzene rings is 1. The summed E-state index contributed by atoms with van der Waals surface area (Å²) in [5.41, 5.74) is 0.957. The van der Waals surface area contributed by atoms with Gasteiger partial charge in [-0.25, -0.2) is 0 Å². The van der Waals surface area contributed by atoms with Gasteiger partial charge in [-0.15, -0.1) is 0 Å². The molecule has 4 rings (SSSR count). The Bertz CT molecular complexity index is 767. The minimum absolute atomic E-state index is 0.0786. The van der Waals surface area contributed by atoms with Crippen LogP contribution in [0.1, 0.15) is 19.4 Å². The van der Waals surface area contributed by atoms with Crippen LogP contribution in [0.4, 0.5) is 0 Å². The number of hydrogen-bond donors (Lipinski definition) is 0. The lowest BCUT2D eigenvalue weighted by Gasteiger charge is -2.38. The van der Waals surface area contributed by atoms with Crippen LogP contribution >= 0.6 is 0 Å². The lowest BCUT2D eigenvalue weighted by atomic mass is 10.1. The van der Waals surface area contributed by atoms with Crippen LogP contribution in [0, 0.1) is 6.92 Å². The second-order valence-electron chi connectivity index (χ2n) is 7.37. The second-order valence-corrected chi connectivity index (χ2v) is 8.94. The van der Waals surface area contributed by atoms with E-state index in [-0.39, 0.29) is 11.5 Å². The van der Waals surface area contributed by atoms with Gasteiger partial charge < -0.3 is 23.7 Å². The molecule has 3 aliphatic rings. The zero-order valence-electron chi connectivity index (χ0n) is 15.5. The van der Waals surface area contributed by atoms with E-state index in [1.807, 2.05) is 6.92 Å². The molecule has 1 aromatic rings. The minimum atomic E-state index is -4.02. The van der Waals surface area contributed by atoms with E-state index in [0.717, 1.165) is 5.56 Å². The van der Waals surface area contributed by atoms with Crippen molar-refractivity contribution in [1.82, 2.24) is 0 Å². The lowest BCUT2D eigenvalue weighted by molar-refractivity contribution is -0.299. The molecule has 3 heterocycles. The van der Waals surface area contributed by atoms with Gasteiger partial charge in [-0.3, -0.25) is 4.18 Å². The first-order chi connectivity index (χ1) is 12.8. The summed E-state index contributed by atoms with van der Waals surface area (Å²) in [6, 6.07) is 6.48. The molecule has 0 amide bonds. The van der Waals surface area contributed by atoms with Crippen LogP contribution in [-0.2, 0) is 38.0 Å². The number of hydrogen-bond acceptors (Lipinski definition) is 8.